The van der Waals surface area contributed by atoms with Crippen molar-refractivity contribution < 1.29 is 19.2 Å². The van der Waals surface area contributed by atoms with E-state index in [1.165, 1.54) is 19.2 Å². The first kappa shape index (κ1) is 22.1. The molecule has 0 bridgehead atoms. The summed E-state index contributed by atoms with van der Waals surface area (Å²) >= 11 is 0. The summed E-state index contributed by atoms with van der Waals surface area (Å²) in [5.41, 5.74) is 1.19. The van der Waals surface area contributed by atoms with Crippen LogP contribution in [0.2, 0.25) is 0 Å². The number of imidazole rings is 1. The lowest BCUT2D eigenvalue weighted by atomic mass is 9.98. The van der Waals surface area contributed by atoms with Crippen molar-refractivity contribution >= 4 is 22.6 Å². The number of amides is 1. The van der Waals surface area contributed by atoms with Gasteiger partial charge in [0.05, 0.1) is 41.8 Å². The SMILES string of the molecule is CCOc1cc(C(=O)NC(c2nc3ccccc3[nH]2)C(C)CC)c([N+](=O)[O-])cc1OC. The number of carbonyl (C=O) groups is 1. The molecule has 0 spiro atoms. The first-order valence-corrected chi connectivity index (χ1v) is 10.1. The summed E-state index contributed by atoms with van der Waals surface area (Å²) in [6, 6.07) is 9.68. The zero-order valence-electron chi connectivity index (χ0n) is 18.0. The number of hydrogen-bond donors (Lipinski definition) is 2. The molecule has 2 unspecified atom stereocenters. The molecule has 31 heavy (non-hydrogen) atoms. The summed E-state index contributed by atoms with van der Waals surface area (Å²) in [5.74, 6) is 0.518. The number of rotatable bonds is 9. The second kappa shape index (κ2) is 9.46. The van der Waals surface area contributed by atoms with Crippen molar-refractivity contribution in [2.75, 3.05) is 13.7 Å². The molecule has 0 aliphatic heterocycles. The molecular formula is C22H26N4O5. The number of nitrogens with zero attached hydrogens (tertiary/aromatic N) is 2. The van der Waals surface area contributed by atoms with E-state index in [2.05, 4.69) is 15.3 Å². The molecule has 0 saturated carbocycles. The monoisotopic (exact) mass is 426 g/mol. The summed E-state index contributed by atoms with van der Waals surface area (Å²) in [5, 5.41) is 14.6. The number of nitro benzene ring substituents is 1. The van der Waals surface area contributed by atoms with Crippen LogP contribution >= 0.6 is 0 Å². The maximum Gasteiger partial charge on any atom is 0.286 e. The van der Waals surface area contributed by atoms with Crippen molar-refractivity contribution in [2.24, 2.45) is 5.92 Å². The average Bonchev–Trinajstić information content (AvgIpc) is 3.20. The number of methoxy groups -OCH3 is 1. The molecular weight excluding hydrogens is 400 g/mol. The third kappa shape index (κ3) is 4.60. The lowest BCUT2D eigenvalue weighted by Gasteiger charge is -2.22. The zero-order valence-corrected chi connectivity index (χ0v) is 18.0. The fourth-order valence-corrected chi connectivity index (χ4v) is 3.36. The van der Waals surface area contributed by atoms with Crippen LogP contribution in [-0.2, 0) is 0 Å². The minimum Gasteiger partial charge on any atom is -0.493 e. The summed E-state index contributed by atoms with van der Waals surface area (Å²) in [6.45, 7) is 6.10. The molecule has 9 nitrogen and oxygen atoms in total. The van der Waals surface area contributed by atoms with Crippen LogP contribution in [0.25, 0.3) is 11.0 Å². The average molecular weight is 426 g/mol. The van der Waals surface area contributed by atoms with E-state index < -0.39 is 16.9 Å². The van der Waals surface area contributed by atoms with E-state index >= 15 is 0 Å². The third-order valence-electron chi connectivity index (χ3n) is 5.22. The summed E-state index contributed by atoms with van der Waals surface area (Å²) in [7, 11) is 1.39. The molecule has 3 aromatic rings. The van der Waals surface area contributed by atoms with Crippen LogP contribution in [0, 0.1) is 16.0 Å². The highest BCUT2D eigenvalue weighted by Crippen LogP contribution is 2.35. The molecule has 9 heteroatoms. The normalized spacial score (nSPS) is 12.9. The minimum absolute atomic E-state index is 0.0354. The standard InChI is InChI=1S/C22H26N4O5/c1-5-13(3)20(21-23-15-9-7-8-10-16(15)24-21)25-22(27)14-11-19(31-6-2)18(30-4)12-17(14)26(28)29/h7-13,20H,5-6H2,1-4H3,(H,23,24)(H,25,27). The van der Waals surface area contributed by atoms with Gasteiger partial charge in [-0.25, -0.2) is 4.98 Å². The minimum atomic E-state index is -0.605. The molecule has 0 fully saturated rings. The van der Waals surface area contributed by atoms with Crippen molar-refractivity contribution in [3.05, 3.63) is 57.9 Å². The number of aromatic amines is 1. The number of aromatic nitrogens is 2. The molecule has 1 aromatic heterocycles. The predicted octanol–water partition coefficient (Wildman–Crippen LogP) is 4.40. The molecule has 1 amide bonds. The Balaban J connectivity index is 2.01. The van der Waals surface area contributed by atoms with Gasteiger partial charge in [-0.2, -0.15) is 0 Å². The summed E-state index contributed by atoms with van der Waals surface area (Å²) in [6.07, 6.45) is 0.775. The Morgan fingerprint density at radius 2 is 2.00 bits per heavy atom. The number of fused-ring (bicyclic) bond motifs is 1. The topological polar surface area (TPSA) is 119 Å². The van der Waals surface area contributed by atoms with E-state index in [9.17, 15) is 14.9 Å². The van der Waals surface area contributed by atoms with Gasteiger partial charge >= 0.3 is 0 Å². The summed E-state index contributed by atoms with van der Waals surface area (Å²) in [4.78, 5) is 32.1. The predicted molar refractivity (Wildman–Crippen MR) is 117 cm³/mol. The Labute approximate surface area is 179 Å². The van der Waals surface area contributed by atoms with E-state index in [0.29, 0.717) is 12.4 Å². The van der Waals surface area contributed by atoms with Crippen LogP contribution in [0.15, 0.2) is 36.4 Å². The molecule has 3 rings (SSSR count). The van der Waals surface area contributed by atoms with Crippen molar-refractivity contribution in [2.45, 2.75) is 33.2 Å². The van der Waals surface area contributed by atoms with Gasteiger partial charge in [0.15, 0.2) is 11.5 Å². The second-order valence-electron chi connectivity index (χ2n) is 7.19. The van der Waals surface area contributed by atoms with Gasteiger partial charge in [0.1, 0.15) is 11.4 Å². The van der Waals surface area contributed by atoms with Gasteiger partial charge in [-0.05, 0) is 25.0 Å². The number of carbonyl (C=O) groups excluding carboxylic acids is 1. The largest absolute Gasteiger partial charge is 0.493 e. The van der Waals surface area contributed by atoms with Gasteiger partial charge in [0.2, 0.25) is 0 Å². The Hall–Kier alpha value is -3.62. The maximum absolute atomic E-state index is 13.2. The molecule has 0 aliphatic carbocycles. The van der Waals surface area contributed by atoms with Crippen LogP contribution < -0.4 is 14.8 Å². The van der Waals surface area contributed by atoms with Crippen LogP contribution in [0.1, 0.15) is 49.4 Å². The molecule has 164 valence electrons. The number of H-pyrrole nitrogens is 1. The Kier molecular flexibility index (Phi) is 6.74. The fourth-order valence-electron chi connectivity index (χ4n) is 3.36. The number of para-hydroxylation sites is 2. The van der Waals surface area contributed by atoms with Crippen LogP contribution in [0.3, 0.4) is 0 Å². The van der Waals surface area contributed by atoms with E-state index in [0.717, 1.165) is 17.5 Å². The highest BCUT2D eigenvalue weighted by Gasteiger charge is 2.29. The van der Waals surface area contributed by atoms with Gasteiger partial charge in [-0.1, -0.05) is 32.4 Å². The quantitative estimate of drug-likeness (QED) is 0.387. The van der Waals surface area contributed by atoms with E-state index in [4.69, 9.17) is 9.47 Å². The summed E-state index contributed by atoms with van der Waals surface area (Å²) < 4.78 is 10.7. The van der Waals surface area contributed by atoms with Crippen LogP contribution in [0.4, 0.5) is 5.69 Å². The van der Waals surface area contributed by atoms with Crippen LogP contribution in [0.5, 0.6) is 11.5 Å². The van der Waals surface area contributed by atoms with Crippen molar-refractivity contribution in [1.29, 1.82) is 0 Å². The van der Waals surface area contributed by atoms with Gasteiger partial charge in [0.25, 0.3) is 11.6 Å². The Morgan fingerprint density at radius 1 is 1.26 bits per heavy atom. The van der Waals surface area contributed by atoms with E-state index in [1.54, 1.807) is 6.92 Å². The number of nitro groups is 1. The smallest absolute Gasteiger partial charge is 0.286 e. The van der Waals surface area contributed by atoms with E-state index in [-0.39, 0.29) is 28.7 Å². The van der Waals surface area contributed by atoms with E-state index in [1.807, 2.05) is 38.1 Å². The molecule has 0 saturated heterocycles. The van der Waals surface area contributed by atoms with Gasteiger partial charge < -0.3 is 19.8 Å². The molecule has 1 heterocycles. The Bertz CT molecular complexity index is 1060. The zero-order chi connectivity index (χ0) is 22.5. The number of nitrogens with one attached hydrogen (secondary N) is 2. The van der Waals surface area contributed by atoms with Crippen molar-refractivity contribution in [3.63, 3.8) is 0 Å². The lowest BCUT2D eigenvalue weighted by Crippen LogP contribution is -2.33. The third-order valence-corrected chi connectivity index (χ3v) is 5.22. The fraction of sp³-hybridized carbons (Fsp3) is 0.364. The Morgan fingerprint density at radius 3 is 2.61 bits per heavy atom. The van der Waals surface area contributed by atoms with Crippen LogP contribution in [-0.4, -0.2) is 34.5 Å². The van der Waals surface area contributed by atoms with Crippen molar-refractivity contribution in [3.8, 4) is 11.5 Å². The van der Waals surface area contributed by atoms with Crippen molar-refractivity contribution in [1.82, 2.24) is 15.3 Å². The first-order chi connectivity index (χ1) is 14.9. The number of hydrogen-bond acceptors (Lipinski definition) is 6. The molecule has 2 N–H and O–H groups in total. The molecule has 2 aromatic carbocycles. The second-order valence-corrected chi connectivity index (χ2v) is 7.19. The maximum atomic E-state index is 13.2. The van der Waals surface area contributed by atoms with Gasteiger partial charge in [-0.15, -0.1) is 0 Å². The molecule has 0 radical (unpaired) electrons. The van der Waals surface area contributed by atoms with Gasteiger partial charge in [0, 0.05) is 6.07 Å². The van der Waals surface area contributed by atoms with Gasteiger partial charge in [-0.3, -0.25) is 14.9 Å². The molecule has 2 atom stereocenters. The number of ether oxygens (including phenoxy) is 2. The highest BCUT2D eigenvalue weighted by atomic mass is 16.6. The number of benzene rings is 2. The first-order valence-electron chi connectivity index (χ1n) is 10.1. The highest BCUT2D eigenvalue weighted by molar-refractivity contribution is 5.99. The molecule has 0 aliphatic rings. The lowest BCUT2D eigenvalue weighted by molar-refractivity contribution is -0.385.